The minimum absolute atomic E-state index is 0.0652. The van der Waals surface area contributed by atoms with Crippen molar-refractivity contribution in [3.63, 3.8) is 0 Å². The lowest BCUT2D eigenvalue weighted by Gasteiger charge is -2.24. The second-order valence-electron chi connectivity index (χ2n) is 4.51. The van der Waals surface area contributed by atoms with Crippen molar-refractivity contribution in [3.8, 4) is 5.75 Å². The van der Waals surface area contributed by atoms with Gasteiger partial charge in [-0.1, -0.05) is 12.1 Å². The van der Waals surface area contributed by atoms with Crippen LogP contribution in [0.3, 0.4) is 0 Å². The van der Waals surface area contributed by atoms with Crippen LogP contribution in [0, 0.1) is 6.92 Å². The van der Waals surface area contributed by atoms with Crippen molar-refractivity contribution in [3.05, 3.63) is 29.3 Å². The molecule has 0 saturated carbocycles. The Morgan fingerprint density at radius 1 is 1.35 bits per heavy atom. The molecular formula is C13H20N2O2. The van der Waals surface area contributed by atoms with Crippen LogP contribution >= 0.6 is 0 Å². The molecule has 2 N–H and O–H groups in total. The lowest BCUT2D eigenvalue weighted by Crippen LogP contribution is -2.45. The van der Waals surface area contributed by atoms with Gasteiger partial charge in [0.25, 0.3) is 0 Å². The quantitative estimate of drug-likeness (QED) is 0.779. The van der Waals surface area contributed by atoms with Gasteiger partial charge in [-0.2, -0.15) is 0 Å². The van der Waals surface area contributed by atoms with E-state index in [2.05, 4.69) is 10.9 Å². The summed E-state index contributed by atoms with van der Waals surface area (Å²) in [6.07, 6.45) is 0. The molecule has 1 rings (SSSR count). The fourth-order valence-corrected chi connectivity index (χ4v) is 1.67. The van der Waals surface area contributed by atoms with Crippen molar-refractivity contribution in [2.45, 2.75) is 26.2 Å². The number of methoxy groups -OCH3 is 1. The molecule has 4 nitrogen and oxygen atoms in total. The number of nitrogens with one attached hydrogen (secondary N) is 2. The van der Waals surface area contributed by atoms with Gasteiger partial charge in [0.2, 0.25) is 5.91 Å². The number of carbonyl (C=O) groups excluding carboxylic acids is 1. The van der Waals surface area contributed by atoms with Gasteiger partial charge in [0.15, 0.2) is 0 Å². The van der Waals surface area contributed by atoms with Crippen molar-refractivity contribution in [1.82, 2.24) is 10.9 Å². The molecular weight excluding hydrogens is 216 g/mol. The van der Waals surface area contributed by atoms with Crippen molar-refractivity contribution < 1.29 is 9.53 Å². The van der Waals surface area contributed by atoms with Crippen molar-refractivity contribution >= 4 is 5.91 Å². The van der Waals surface area contributed by atoms with E-state index in [4.69, 9.17) is 4.74 Å². The normalized spacial score (nSPS) is 11.1. The van der Waals surface area contributed by atoms with Crippen LogP contribution in [0.15, 0.2) is 18.2 Å². The highest BCUT2D eigenvalue weighted by Crippen LogP contribution is 2.28. The summed E-state index contributed by atoms with van der Waals surface area (Å²) in [4.78, 5) is 11.9. The van der Waals surface area contributed by atoms with Gasteiger partial charge < -0.3 is 4.74 Å². The molecule has 0 saturated heterocycles. The highest BCUT2D eigenvalue weighted by Gasteiger charge is 2.29. The first-order valence-corrected chi connectivity index (χ1v) is 5.55. The maximum Gasteiger partial charge on any atom is 0.244 e. The monoisotopic (exact) mass is 236 g/mol. The van der Waals surface area contributed by atoms with Gasteiger partial charge in [0.05, 0.1) is 12.5 Å². The van der Waals surface area contributed by atoms with E-state index in [1.807, 2.05) is 39.0 Å². The van der Waals surface area contributed by atoms with Crippen molar-refractivity contribution in [2.75, 3.05) is 14.2 Å². The number of rotatable bonds is 4. The number of aryl methyl sites for hydroxylation is 1. The Labute approximate surface area is 102 Å². The SMILES string of the molecule is CNNC(=O)C(C)(C)c1ccc(OC)c(C)c1. The summed E-state index contributed by atoms with van der Waals surface area (Å²) in [5.74, 6) is 0.767. The number of hydrogen-bond acceptors (Lipinski definition) is 3. The fraction of sp³-hybridized carbons (Fsp3) is 0.462. The van der Waals surface area contributed by atoms with E-state index in [1.165, 1.54) is 0 Å². The summed E-state index contributed by atoms with van der Waals surface area (Å²) in [7, 11) is 3.31. The van der Waals surface area contributed by atoms with Crippen molar-refractivity contribution in [2.24, 2.45) is 0 Å². The molecule has 1 amide bonds. The highest BCUT2D eigenvalue weighted by atomic mass is 16.5. The Morgan fingerprint density at radius 2 is 2.00 bits per heavy atom. The van der Waals surface area contributed by atoms with E-state index in [1.54, 1.807) is 14.2 Å². The molecule has 1 aromatic carbocycles. The largest absolute Gasteiger partial charge is 0.496 e. The first-order valence-electron chi connectivity index (χ1n) is 5.55. The summed E-state index contributed by atoms with van der Waals surface area (Å²) in [5.41, 5.74) is 6.67. The molecule has 0 radical (unpaired) electrons. The predicted molar refractivity (Wildman–Crippen MR) is 68.0 cm³/mol. The summed E-state index contributed by atoms with van der Waals surface area (Å²) in [5, 5.41) is 0. The van der Waals surface area contributed by atoms with Gasteiger partial charge >= 0.3 is 0 Å². The second kappa shape index (κ2) is 5.19. The Hall–Kier alpha value is -1.55. The molecule has 0 aliphatic heterocycles. The van der Waals surface area contributed by atoms with Gasteiger partial charge in [-0.15, -0.1) is 0 Å². The van der Waals surface area contributed by atoms with E-state index < -0.39 is 5.41 Å². The predicted octanol–water partition coefficient (Wildman–Crippen LogP) is 1.53. The van der Waals surface area contributed by atoms with Crippen molar-refractivity contribution in [1.29, 1.82) is 0 Å². The van der Waals surface area contributed by atoms with Gasteiger partial charge in [-0.05, 0) is 38.0 Å². The van der Waals surface area contributed by atoms with Crippen LogP contribution in [-0.2, 0) is 10.2 Å². The van der Waals surface area contributed by atoms with E-state index in [9.17, 15) is 4.79 Å². The minimum atomic E-state index is -0.583. The smallest absolute Gasteiger partial charge is 0.244 e. The number of carbonyl (C=O) groups is 1. The number of hydrazine groups is 1. The third-order valence-corrected chi connectivity index (χ3v) is 2.92. The van der Waals surface area contributed by atoms with Crippen LogP contribution in [0.1, 0.15) is 25.0 Å². The first kappa shape index (κ1) is 13.5. The van der Waals surface area contributed by atoms with Crippen LogP contribution in [-0.4, -0.2) is 20.1 Å². The fourth-order valence-electron chi connectivity index (χ4n) is 1.67. The average Bonchev–Trinajstić information content (AvgIpc) is 2.29. The van der Waals surface area contributed by atoms with Crippen LogP contribution in [0.5, 0.6) is 5.75 Å². The van der Waals surface area contributed by atoms with Crippen LogP contribution in [0.4, 0.5) is 0 Å². The third kappa shape index (κ3) is 2.77. The van der Waals surface area contributed by atoms with Crippen LogP contribution in [0.2, 0.25) is 0 Å². The lowest BCUT2D eigenvalue weighted by molar-refractivity contribution is -0.126. The Balaban J connectivity index is 3.07. The molecule has 0 atom stereocenters. The van der Waals surface area contributed by atoms with Crippen LogP contribution < -0.4 is 15.6 Å². The molecule has 1 aromatic rings. The van der Waals surface area contributed by atoms with Gasteiger partial charge in [-0.25, -0.2) is 5.43 Å². The van der Waals surface area contributed by atoms with Gasteiger partial charge in [-0.3, -0.25) is 10.2 Å². The van der Waals surface area contributed by atoms with Gasteiger partial charge in [0.1, 0.15) is 5.75 Å². The topological polar surface area (TPSA) is 50.4 Å². The highest BCUT2D eigenvalue weighted by molar-refractivity contribution is 5.87. The van der Waals surface area contributed by atoms with Gasteiger partial charge in [0, 0.05) is 7.05 Å². The summed E-state index contributed by atoms with van der Waals surface area (Å²) in [6.45, 7) is 5.75. The Kier molecular flexibility index (Phi) is 4.12. The number of amides is 1. The maximum absolute atomic E-state index is 11.9. The number of hydrogen-bond donors (Lipinski definition) is 2. The van der Waals surface area contributed by atoms with E-state index >= 15 is 0 Å². The molecule has 0 aliphatic rings. The molecule has 0 unspecified atom stereocenters. The third-order valence-electron chi connectivity index (χ3n) is 2.92. The number of benzene rings is 1. The molecule has 0 spiro atoms. The Bertz CT molecular complexity index is 414. The van der Waals surface area contributed by atoms with Crippen LogP contribution in [0.25, 0.3) is 0 Å². The molecule has 4 heteroatoms. The molecule has 0 bridgehead atoms. The van der Waals surface area contributed by atoms with E-state index in [-0.39, 0.29) is 5.91 Å². The lowest BCUT2D eigenvalue weighted by atomic mass is 9.83. The summed E-state index contributed by atoms with van der Waals surface area (Å²) < 4.78 is 5.21. The minimum Gasteiger partial charge on any atom is -0.496 e. The standard InChI is InChI=1S/C13H20N2O2/c1-9-8-10(6-7-11(9)17-5)13(2,3)12(16)15-14-4/h6-8,14H,1-5H3,(H,15,16). The zero-order valence-electron chi connectivity index (χ0n) is 11.0. The first-order chi connectivity index (χ1) is 7.93. The molecule has 0 aromatic heterocycles. The summed E-state index contributed by atoms with van der Waals surface area (Å²) in [6, 6.07) is 5.79. The Morgan fingerprint density at radius 3 is 2.47 bits per heavy atom. The molecule has 0 fully saturated rings. The maximum atomic E-state index is 11.9. The molecule has 17 heavy (non-hydrogen) atoms. The van der Waals surface area contributed by atoms with E-state index in [0.29, 0.717) is 0 Å². The number of ether oxygens (including phenoxy) is 1. The molecule has 0 heterocycles. The molecule has 94 valence electrons. The average molecular weight is 236 g/mol. The van der Waals surface area contributed by atoms with E-state index in [0.717, 1.165) is 16.9 Å². The second-order valence-corrected chi connectivity index (χ2v) is 4.51. The molecule has 0 aliphatic carbocycles. The zero-order chi connectivity index (χ0) is 13.1. The zero-order valence-corrected chi connectivity index (χ0v) is 11.0. The summed E-state index contributed by atoms with van der Waals surface area (Å²) >= 11 is 0.